The van der Waals surface area contributed by atoms with E-state index in [1.165, 1.54) is 51.4 Å². The number of nitrogens with zero attached hydrogens (tertiary/aromatic N) is 3. The summed E-state index contributed by atoms with van der Waals surface area (Å²) in [6, 6.07) is 3.95. The van der Waals surface area contributed by atoms with Crippen LogP contribution in [0.15, 0.2) is 24.5 Å². The summed E-state index contributed by atoms with van der Waals surface area (Å²) < 4.78 is 7.82. The van der Waals surface area contributed by atoms with Crippen molar-refractivity contribution in [2.75, 3.05) is 13.7 Å². The zero-order chi connectivity index (χ0) is 23.5. The van der Waals surface area contributed by atoms with E-state index in [4.69, 9.17) is 4.74 Å². The Balaban J connectivity index is 1.24. The fourth-order valence-corrected chi connectivity index (χ4v) is 9.64. The second-order valence-corrected chi connectivity index (χ2v) is 12.5. The molecule has 2 aromatic rings. The first-order valence-electron chi connectivity index (χ1n) is 13.7. The summed E-state index contributed by atoms with van der Waals surface area (Å²) in [6.07, 6.45) is 15.2. The van der Waals surface area contributed by atoms with Crippen LogP contribution in [0.3, 0.4) is 0 Å². The SMILES string of the molecule is COCC12CCC(C)CC1CCC1C3CCC(C(=O)Cn4ncc5ncccc54)C3(C)CCC12. The van der Waals surface area contributed by atoms with E-state index in [1.807, 2.05) is 23.9 Å². The van der Waals surface area contributed by atoms with E-state index < -0.39 is 0 Å². The van der Waals surface area contributed by atoms with Gasteiger partial charge in [0.1, 0.15) is 12.1 Å². The topological polar surface area (TPSA) is 57.0 Å². The molecule has 6 rings (SSSR count). The number of ketones is 1. The van der Waals surface area contributed by atoms with Gasteiger partial charge in [-0.1, -0.05) is 20.3 Å². The number of hydrogen-bond donors (Lipinski definition) is 0. The first-order valence-corrected chi connectivity index (χ1v) is 13.7. The normalized spacial score (nSPS) is 41.6. The molecule has 2 heterocycles. The van der Waals surface area contributed by atoms with Gasteiger partial charge in [0.25, 0.3) is 0 Å². The molecule has 4 aliphatic rings. The molecule has 0 aliphatic heterocycles. The van der Waals surface area contributed by atoms with Crippen molar-refractivity contribution < 1.29 is 9.53 Å². The molecule has 2 aromatic heterocycles. The molecule has 5 heteroatoms. The van der Waals surface area contributed by atoms with Crippen LogP contribution in [0.25, 0.3) is 11.0 Å². The van der Waals surface area contributed by atoms with Crippen molar-refractivity contribution in [2.45, 2.75) is 78.2 Å². The lowest BCUT2D eigenvalue weighted by atomic mass is 9.44. The quantitative estimate of drug-likeness (QED) is 0.552. The highest BCUT2D eigenvalue weighted by Gasteiger charge is 2.62. The molecule has 184 valence electrons. The van der Waals surface area contributed by atoms with E-state index in [0.717, 1.165) is 47.7 Å². The number of pyridine rings is 1. The van der Waals surface area contributed by atoms with Crippen LogP contribution in [0.5, 0.6) is 0 Å². The van der Waals surface area contributed by atoms with E-state index >= 15 is 0 Å². The molecule has 0 radical (unpaired) electrons. The van der Waals surface area contributed by atoms with E-state index in [9.17, 15) is 4.79 Å². The van der Waals surface area contributed by atoms with Crippen LogP contribution in [-0.2, 0) is 16.1 Å². The highest BCUT2D eigenvalue weighted by molar-refractivity contribution is 5.84. The average Bonchev–Trinajstić information content (AvgIpc) is 3.40. The average molecular weight is 464 g/mol. The van der Waals surface area contributed by atoms with Crippen LogP contribution >= 0.6 is 0 Å². The summed E-state index contributed by atoms with van der Waals surface area (Å²) in [5, 5.41) is 4.50. The largest absolute Gasteiger partial charge is 0.384 e. The highest BCUT2D eigenvalue weighted by Crippen LogP contribution is 2.68. The van der Waals surface area contributed by atoms with Gasteiger partial charge in [0, 0.05) is 19.2 Å². The molecule has 8 atom stereocenters. The smallest absolute Gasteiger partial charge is 0.157 e. The van der Waals surface area contributed by atoms with Crippen molar-refractivity contribution in [2.24, 2.45) is 46.3 Å². The summed E-state index contributed by atoms with van der Waals surface area (Å²) in [5.74, 6) is 4.48. The standard InChI is InChI=1S/C29H41N3O2/c1-19-10-13-29(18-34-3)20(15-19)6-7-21-22-8-9-24(28(22,2)12-11-23(21)29)27(33)17-32-26-5-4-14-30-25(26)16-31-32/h4-5,14,16,19-24H,6-13,15,17-18H2,1-3H3. The molecule has 0 spiro atoms. The van der Waals surface area contributed by atoms with Gasteiger partial charge in [-0.3, -0.25) is 14.5 Å². The summed E-state index contributed by atoms with van der Waals surface area (Å²) in [7, 11) is 1.92. The fraction of sp³-hybridized carbons (Fsp3) is 0.759. The van der Waals surface area contributed by atoms with Gasteiger partial charge in [-0.25, -0.2) is 0 Å². The van der Waals surface area contributed by atoms with E-state index in [2.05, 4.69) is 23.9 Å². The molecule has 0 N–H and O–H groups in total. The molecule has 0 saturated heterocycles. The summed E-state index contributed by atoms with van der Waals surface area (Å²) in [6.45, 7) is 6.23. The Kier molecular flexibility index (Phi) is 5.63. The third-order valence-corrected chi connectivity index (χ3v) is 11.1. The molecule has 5 nitrogen and oxygen atoms in total. The van der Waals surface area contributed by atoms with E-state index in [0.29, 0.717) is 23.7 Å². The van der Waals surface area contributed by atoms with Crippen LogP contribution in [-0.4, -0.2) is 34.3 Å². The maximum absolute atomic E-state index is 13.7. The number of carbonyl (C=O) groups excluding carboxylic acids is 1. The Hall–Kier alpha value is -1.75. The zero-order valence-corrected chi connectivity index (χ0v) is 21.2. The lowest BCUT2D eigenvalue weighted by Gasteiger charge is -2.61. The summed E-state index contributed by atoms with van der Waals surface area (Å²) in [4.78, 5) is 18.1. The van der Waals surface area contributed by atoms with Gasteiger partial charge < -0.3 is 4.74 Å². The minimum absolute atomic E-state index is 0.141. The van der Waals surface area contributed by atoms with Crippen LogP contribution in [0.1, 0.15) is 71.6 Å². The zero-order valence-electron chi connectivity index (χ0n) is 21.2. The van der Waals surface area contributed by atoms with Crippen molar-refractivity contribution in [3.05, 3.63) is 24.5 Å². The third-order valence-electron chi connectivity index (χ3n) is 11.1. The predicted molar refractivity (Wildman–Crippen MR) is 133 cm³/mol. The molecule has 0 amide bonds. The molecular formula is C29H41N3O2. The lowest BCUT2D eigenvalue weighted by molar-refractivity contribution is -0.154. The minimum atomic E-state index is 0.141. The van der Waals surface area contributed by atoms with Gasteiger partial charge in [-0.05, 0) is 104 Å². The van der Waals surface area contributed by atoms with E-state index in [1.54, 1.807) is 12.4 Å². The Morgan fingerprint density at radius 1 is 1.15 bits per heavy atom. The second kappa shape index (κ2) is 8.43. The van der Waals surface area contributed by atoms with Gasteiger partial charge in [0.15, 0.2) is 5.78 Å². The molecule has 4 aliphatic carbocycles. The van der Waals surface area contributed by atoms with Crippen LogP contribution in [0.4, 0.5) is 0 Å². The highest BCUT2D eigenvalue weighted by atomic mass is 16.5. The van der Waals surface area contributed by atoms with Gasteiger partial charge in [-0.15, -0.1) is 0 Å². The molecular weight excluding hydrogens is 422 g/mol. The Bertz CT molecular complexity index is 1060. The van der Waals surface area contributed by atoms with Crippen LogP contribution in [0.2, 0.25) is 0 Å². The second-order valence-electron chi connectivity index (χ2n) is 12.5. The number of hydrogen-bond acceptors (Lipinski definition) is 4. The molecule has 4 fully saturated rings. The van der Waals surface area contributed by atoms with Crippen molar-refractivity contribution in [3.63, 3.8) is 0 Å². The Morgan fingerprint density at radius 3 is 2.88 bits per heavy atom. The van der Waals surface area contributed by atoms with Gasteiger partial charge >= 0.3 is 0 Å². The number of rotatable bonds is 5. The van der Waals surface area contributed by atoms with Crippen molar-refractivity contribution >= 4 is 16.8 Å². The van der Waals surface area contributed by atoms with Crippen molar-refractivity contribution in [1.29, 1.82) is 0 Å². The summed E-state index contributed by atoms with van der Waals surface area (Å²) >= 11 is 0. The fourth-order valence-electron chi connectivity index (χ4n) is 9.64. The minimum Gasteiger partial charge on any atom is -0.384 e. The molecule has 34 heavy (non-hydrogen) atoms. The third kappa shape index (κ3) is 3.32. The van der Waals surface area contributed by atoms with Crippen LogP contribution in [0, 0.1) is 46.3 Å². The number of methoxy groups -OCH3 is 1. The van der Waals surface area contributed by atoms with E-state index in [-0.39, 0.29) is 11.3 Å². The van der Waals surface area contributed by atoms with Gasteiger partial charge in [-0.2, -0.15) is 5.10 Å². The van der Waals surface area contributed by atoms with Crippen molar-refractivity contribution in [1.82, 2.24) is 14.8 Å². The molecule has 4 saturated carbocycles. The summed E-state index contributed by atoms with van der Waals surface area (Å²) in [5.41, 5.74) is 2.36. The maximum atomic E-state index is 13.7. The van der Waals surface area contributed by atoms with Gasteiger partial charge in [0.05, 0.1) is 18.3 Å². The monoisotopic (exact) mass is 463 g/mol. The lowest BCUT2D eigenvalue weighted by Crippen LogP contribution is -2.56. The first-order chi connectivity index (χ1) is 16.5. The molecule has 8 unspecified atom stereocenters. The molecule has 0 bridgehead atoms. The maximum Gasteiger partial charge on any atom is 0.157 e. The Labute approximate surface area is 204 Å². The Morgan fingerprint density at radius 2 is 2.03 bits per heavy atom. The number of ether oxygens (including phenoxy) is 1. The number of carbonyl (C=O) groups is 1. The number of aromatic nitrogens is 3. The number of Topliss-reactive ketones (excluding diaryl/α,β-unsaturated/α-hetero) is 1. The van der Waals surface area contributed by atoms with Gasteiger partial charge in [0.2, 0.25) is 0 Å². The number of fused-ring (bicyclic) bond motifs is 6. The first kappa shape index (κ1) is 22.7. The van der Waals surface area contributed by atoms with Crippen LogP contribution < -0.4 is 0 Å². The molecule has 0 aromatic carbocycles. The van der Waals surface area contributed by atoms with Crippen molar-refractivity contribution in [3.8, 4) is 0 Å². The predicted octanol–water partition coefficient (Wildman–Crippen LogP) is 5.92.